The van der Waals surface area contributed by atoms with E-state index in [4.69, 9.17) is 5.10 Å². The summed E-state index contributed by atoms with van der Waals surface area (Å²) < 4.78 is 3.94. The molecule has 1 aliphatic rings. The largest absolute Gasteiger partial charge is 0.327 e. The number of aryl methyl sites for hydroxylation is 1. The summed E-state index contributed by atoms with van der Waals surface area (Å²) in [4.78, 5) is 25.7. The van der Waals surface area contributed by atoms with E-state index >= 15 is 0 Å². The summed E-state index contributed by atoms with van der Waals surface area (Å²) >= 11 is 0. The number of aromatic nitrogens is 5. The predicted octanol–water partition coefficient (Wildman–Crippen LogP) is 2.21. The average Bonchev–Trinajstić information content (AvgIpc) is 3.44. The Kier molecular flexibility index (Phi) is 3.90. The van der Waals surface area contributed by atoms with E-state index in [2.05, 4.69) is 16.3 Å². The van der Waals surface area contributed by atoms with Gasteiger partial charge in [-0.3, -0.25) is 9.59 Å². The molecule has 0 saturated carbocycles. The van der Waals surface area contributed by atoms with Gasteiger partial charge < -0.3 is 9.47 Å². The molecular weight excluding hydrogens is 368 g/mol. The number of amides is 1. The Balaban J connectivity index is 1.55. The SMILES string of the molecule is Cc1cccc(-n2nc3c(c2-n2cccc2)CN(C(=O)c2ccc(=O)[nH]n2)C3)c1. The van der Waals surface area contributed by atoms with E-state index < -0.39 is 0 Å². The number of rotatable bonds is 3. The fourth-order valence-electron chi connectivity index (χ4n) is 3.65. The third-order valence-corrected chi connectivity index (χ3v) is 5.01. The molecule has 1 amide bonds. The lowest BCUT2D eigenvalue weighted by Gasteiger charge is -2.17. The lowest BCUT2D eigenvalue weighted by molar-refractivity contribution is 0.0742. The van der Waals surface area contributed by atoms with Crippen molar-refractivity contribution in [2.24, 2.45) is 0 Å². The number of carbonyl (C=O) groups excluding carboxylic acids is 1. The Labute approximate surface area is 166 Å². The maximum absolute atomic E-state index is 12.8. The van der Waals surface area contributed by atoms with Crippen LogP contribution in [0.1, 0.15) is 27.3 Å². The lowest BCUT2D eigenvalue weighted by Crippen LogP contribution is -2.28. The molecule has 0 atom stereocenters. The highest BCUT2D eigenvalue weighted by Crippen LogP contribution is 2.31. The van der Waals surface area contributed by atoms with E-state index in [1.54, 1.807) is 4.90 Å². The van der Waals surface area contributed by atoms with E-state index in [1.807, 2.05) is 58.9 Å². The molecule has 4 aromatic rings. The highest BCUT2D eigenvalue weighted by atomic mass is 16.2. The van der Waals surface area contributed by atoms with Crippen LogP contribution in [0.5, 0.6) is 0 Å². The molecule has 0 radical (unpaired) electrons. The summed E-state index contributed by atoms with van der Waals surface area (Å²) in [6, 6.07) is 14.8. The summed E-state index contributed by atoms with van der Waals surface area (Å²) in [5, 5.41) is 11.0. The number of carbonyl (C=O) groups is 1. The Morgan fingerprint density at radius 3 is 2.62 bits per heavy atom. The molecule has 4 heterocycles. The van der Waals surface area contributed by atoms with Gasteiger partial charge in [-0.2, -0.15) is 10.2 Å². The molecular formula is C21H18N6O2. The fourth-order valence-corrected chi connectivity index (χ4v) is 3.65. The Hall–Kier alpha value is -3.94. The standard InChI is InChI=1S/C21H18N6O2/c1-14-5-4-6-15(11-14)27-20(25-9-2-3-10-25)16-12-26(13-18(16)24-27)21(29)17-7-8-19(28)23-22-17/h2-11H,12-13H2,1H3,(H,23,28). The first-order valence-electron chi connectivity index (χ1n) is 9.26. The molecule has 3 aromatic heterocycles. The van der Waals surface area contributed by atoms with Crippen molar-refractivity contribution in [1.29, 1.82) is 0 Å². The van der Waals surface area contributed by atoms with Gasteiger partial charge in [-0.25, -0.2) is 9.78 Å². The molecule has 0 aliphatic carbocycles. The van der Waals surface area contributed by atoms with E-state index in [-0.39, 0.29) is 17.2 Å². The van der Waals surface area contributed by atoms with Crippen LogP contribution in [0.4, 0.5) is 0 Å². The zero-order chi connectivity index (χ0) is 20.0. The number of hydrogen-bond acceptors (Lipinski definition) is 4. The van der Waals surface area contributed by atoms with E-state index in [9.17, 15) is 9.59 Å². The maximum Gasteiger partial charge on any atom is 0.274 e. The molecule has 8 heteroatoms. The van der Waals surface area contributed by atoms with Crippen molar-refractivity contribution in [2.45, 2.75) is 20.0 Å². The van der Waals surface area contributed by atoms with Crippen LogP contribution in [0.15, 0.2) is 65.7 Å². The number of hydrogen-bond donors (Lipinski definition) is 1. The normalized spacial score (nSPS) is 12.9. The van der Waals surface area contributed by atoms with Gasteiger partial charge >= 0.3 is 0 Å². The quantitative estimate of drug-likeness (QED) is 0.585. The van der Waals surface area contributed by atoms with Crippen LogP contribution in [-0.4, -0.2) is 35.4 Å². The third kappa shape index (κ3) is 2.94. The molecule has 29 heavy (non-hydrogen) atoms. The smallest absolute Gasteiger partial charge is 0.274 e. The molecule has 8 nitrogen and oxygen atoms in total. The molecule has 0 bridgehead atoms. The van der Waals surface area contributed by atoms with Crippen LogP contribution in [0, 0.1) is 6.92 Å². The maximum atomic E-state index is 12.8. The fraction of sp³-hybridized carbons (Fsp3) is 0.143. The lowest BCUT2D eigenvalue weighted by atomic mass is 10.2. The van der Waals surface area contributed by atoms with Gasteiger partial charge in [0.15, 0.2) is 0 Å². The monoisotopic (exact) mass is 386 g/mol. The Bertz CT molecular complexity index is 1250. The average molecular weight is 386 g/mol. The van der Waals surface area contributed by atoms with E-state index in [0.717, 1.165) is 28.3 Å². The number of nitrogens with zero attached hydrogens (tertiary/aromatic N) is 5. The summed E-state index contributed by atoms with van der Waals surface area (Å²) in [5.41, 5.74) is 3.86. The molecule has 0 saturated heterocycles. The summed E-state index contributed by atoms with van der Waals surface area (Å²) in [6.45, 7) is 2.87. The van der Waals surface area contributed by atoms with Gasteiger partial charge in [-0.15, -0.1) is 0 Å². The Morgan fingerprint density at radius 2 is 1.90 bits per heavy atom. The first-order chi connectivity index (χ1) is 14.1. The van der Waals surface area contributed by atoms with E-state index in [0.29, 0.717) is 13.1 Å². The van der Waals surface area contributed by atoms with Crippen molar-refractivity contribution in [3.63, 3.8) is 0 Å². The third-order valence-electron chi connectivity index (χ3n) is 5.01. The zero-order valence-electron chi connectivity index (χ0n) is 15.7. The van der Waals surface area contributed by atoms with Crippen molar-refractivity contribution in [3.05, 3.63) is 93.8 Å². The molecule has 1 N–H and O–H groups in total. The minimum atomic E-state index is -0.337. The second-order valence-corrected chi connectivity index (χ2v) is 7.06. The number of benzene rings is 1. The van der Waals surface area contributed by atoms with Crippen LogP contribution in [-0.2, 0) is 13.1 Å². The first kappa shape index (κ1) is 17.2. The van der Waals surface area contributed by atoms with Gasteiger partial charge in [-0.05, 0) is 42.8 Å². The van der Waals surface area contributed by atoms with Gasteiger partial charge in [-0.1, -0.05) is 12.1 Å². The molecule has 0 unspecified atom stereocenters. The van der Waals surface area contributed by atoms with Crippen molar-refractivity contribution in [2.75, 3.05) is 0 Å². The predicted molar refractivity (Wildman–Crippen MR) is 106 cm³/mol. The van der Waals surface area contributed by atoms with Gasteiger partial charge in [0.05, 0.1) is 24.5 Å². The van der Waals surface area contributed by atoms with Gasteiger partial charge in [0.2, 0.25) is 0 Å². The van der Waals surface area contributed by atoms with Crippen molar-refractivity contribution >= 4 is 5.91 Å². The van der Waals surface area contributed by atoms with Gasteiger partial charge in [0.1, 0.15) is 11.5 Å². The minimum Gasteiger partial charge on any atom is -0.327 e. The van der Waals surface area contributed by atoms with Crippen molar-refractivity contribution < 1.29 is 4.79 Å². The van der Waals surface area contributed by atoms with Crippen molar-refractivity contribution in [1.82, 2.24) is 29.4 Å². The molecule has 144 valence electrons. The number of H-pyrrole nitrogens is 1. The first-order valence-corrected chi connectivity index (χ1v) is 9.26. The highest BCUT2D eigenvalue weighted by molar-refractivity contribution is 5.92. The number of aromatic amines is 1. The molecule has 1 aromatic carbocycles. The van der Waals surface area contributed by atoms with Crippen LogP contribution in [0.25, 0.3) is 11.5 Å². The van der Waals surface area contributed by atoms with Gasteiger partial charge in [0.25, 0.3) is 11.5 Å². The molecule has 1 aliphatic heterocycles. The molecule has 5 rings (SSSR count). The van der Waals surface area contributed by atoms with E-state index in [1.165, 1.54) is 12.1 Å². The summed E-state index contributed by atoms with van der Waals surface area (Å²) in [7, 11) is 0. The molecule has 0 spiro atoms. The number of nitrogens with one attached hydrogen (secondary N) is 1. The Morgan fingerprint density at radius 1 is 1.07 bits per heavy atom. The topological polar surface area (TPSA) is 88.8 Å². The van der Waals surface area contributed by atoms with Gasteiger partial charge in [0, 0.05) is 24.0 Å². The minimum absolute atomic E-state index is 0.212. The molecule has 0 fully saturated rings. The van der Waals surface area contributed by atoms with Crippen LogP contribution >= 0.6 is 0 Å². The highest BCUT2D eigenvalue weighted by Gasteiger charge is 2.32. The number of fused-ring (bicyclic) bond motifs is 1. The van der Waals surface area contributed by atoms with Crippen LogP contribution in [0.3, 0.4) is 0 Å². The van der Waals surface area contributed by atoms with Crippen LogP contribution in [0.2, 0.25) is 0 Å². The summed E-state index contributed by atoms with van der Waals surface area (Å²) in [5.74, 6) is 0.681. The second-order valence-electron chi connectivity index (χ2n) is 7.06. The van der Waals surface area contributed by atoms with Crippen molar-refractivity contribution in [3.8, 4) is 11.5 Å². The summed E-state index contributed by atoms with van der Waals surface area (Å²) in [6.07, 6.45) is 3.94. The second kappa shape index (κ2) is 6.59. The van der Waals surface area contributed by atoms with Crippen LogP contribution < -0.4 is 5.56 Å². The zero-order valence-corrected chi connectivity index (χ0v) is 15.7.